The van der Waals surface area contributed by atoms with Gasteiger partial charge < -0.3 is 20.7 Å². The minimum absolute atomic E-state index is 0.129. The number of methoxy groups -OCH3 is 1. The lowest BCUT2D eigenvalue weighted by molar-refractivity contribution is 0.0988. The summed E-state index contributed by atoms with van der Waals surface area (Å²) in [5.74, 6) is -0.909. The van der Waals surface area contributed by atoms with Gasteiger partial charge >= 0.3 is 0 Å². The Hall–Kier alpha value is -4.40. The largest absolute Gasteiger partial charge is 0.508 e. The number of aromatic nitrogens is 3. The zero-order valence-electron chi connectivity index (χ0n) is 17.7. The smallest absolute Gasteiger partial charge is 0.287 e. The molecule has 8 nitrogen and oxygen atoms in total. The van der Waals surface area contributed by atoms with Crippen LogP contribution >= 0.6 is 0 Å². The van der Waals surface area contributed by atoms with Crippen LogP contribution in [0, 0.1) is 5.82 Å². The van der Waals surface area contributed by atoms with Crippen LogP contribution in [-0.4, -0.2) is 38.0 Å². The number of rotatable bonds is 7. The van der Waals surface area contributed by atoms with Crippen LogP contribution in [0.1, 0.15) is 21.7 Å². The lowest BCUT2D eigenvalue weighted by Gasteiger charge is -2.13. The van der Waals surface area contributed by atoms with Crippen molar-refractivity contribution >= 4 is 5.91 Å². The van der Waals surface area contributed by atoms with Crippen molar-refractivity contribution in [3.8, 4) is 34.3 Å². The van der Waals surface area contributed by atoms with Gasteiger partial charge in [-0.1, -0.05) is 18.2 Å². The summed E-state index contributed by atoms with van der Waals surface area (Å²) in [6, 6.07) is 15.9. The highest BCUT2D eigenvalue weighted by molar-refractivity contribution is 5.90. The van der Waals surface area contributed by atoms with Gasteiger partial charge in [0.1, 0.15) is 23.1 Å². The summed E-state index contributed by atoms with van der Waals surface area (Å²) < 4.78 is 20.6. The van der Waals surface area contributed by atoms with Gasteiger partial charge in [0, 0.05) is 11.8 Å². The second kappa shape index (κ2) is 8.99. The minimum Gasteiger partial charge on any atom is -0.508 e. The van der Waals surface area contributed by atoms with Crippen LogP contribution in [-0.2, 0) is 12.8 Å². The maximum atomic E-state index is 14.0. The van der Waals surface area contributed by atoms with Crippen LogP contribution in [0.15, 0.2) is 60.7 Å². The lowest BCUT2D eigenvalue weighted by atomic mass is 10.00. The first-order valence-electron chi connectivity index (χ1n) is 10.1. The van der Waals surface area contributed by atoms with Crippen LogP contribution in [0.5, 0.6) is 17.2 Å². The average molecular weight is 448 g/mol. The SMILES string of the molecule is COc1ccc(-n2c(C(N)=O)nnc2-c2cc(CCc3ccccc3F)c(O)cc2O)cc1. The van der Waals surface area contributed by atoms with E-state index in [4.69, 9.17) is 10.5 Å². The number of hydrogen-bond acceptors (Lipinski definition) is 6. The van der Waals surface area contributed by atoms with E-state index >= 15 is 0 Å². The Bertz CT molecular complexity index is 1320. The molecule has 0 saturated carbocycles. The van der Waals surface area contributed by atoms with Crippen LogP contribution in [0.2, 0.25) is 0 Å². The zero-order chi connectivity index (χ0) is 23.5. The highest BCUT2D eigenvalue weighted by Gasteiger charge is 2.22. The molecule has 0 unspecified atom stereocenters. The second-order valence-corrected chi connectivity index (χ2v) is 7.33. The normalized spacial score (nSPS) is 10.8. The highest BCUT2D eigenvalue weighted by Crippen LogP contribution is 2.36. The van der Waals surface area contributed by atoms with Crippen LogP contribution in [0.25, 0.3) is 17.1 Å². The first-order valence-corrected chi connectivity index (χ1v) is 10.1. The quantitative estimate of drug-likeness (QED) is 0.398. The number of halogens is 1. The number of amides is 1. The molecule has 1 amide bonds. The van der Waals surface area contributed by atoms with E-state index in [1.807, 2.05) is 0 Å². The molecule has 4 aromatic rings. The fourth-order valence-electron chi connectivity index (χ4n) is 3.57. The van der Waals surface area contributed by atoms with Crippen molar-refractivity contribution in [3.05, 3.63) is 83.4 Å². The number of benzene rings is 3. The van der Waals surface area contributed by atoms with E-state index < -0.39 is 5.91 Å². The number of nitrogens with zero attached hydrogens (tertiary/aromatic N) is 3. The fourth-order valence-corrected chi connectivity index (χ4v) is 3.57. The van der Waals surface area contributed by atoms with Crippen LogP contribution in [0.3, 0.4) is 0 Å². The molecule has 1 aromatic heterocycles. The van der Waals surface area contributed by atoms with Crippen molar-refractivity contribution in [2.24, 2.45) is 5.73 Å². The molecular formula is C24H21FN4O4. The first kappa shape index (κ1) is 21.8. The monoisotopic (exact) mass is 448 g/mol. The van der Waals surface area contributed by atoms with Crippen molar-refractivity contribution in [2.45, 2.75) is 12.8 Å². The predicted octanol–water partition coefficient (Wildman–Crippen LogP) is 3.38. The molecule has 4 rings (SSSR count). The molecule has 1 heterocycles. The summed E-state index contributed by atoms with van der Waals surface area (Å²) in [5.41, 5.74) is 7.21. The predicted molar refractivity (Wildman–Crippen MR) is 119 cm³/mol. The number of nitrogens with two attached hydrogens (primary N) is 1. The molecule has 0 aliphatic heterocycles. The standard InChI is InChI=1S/C24H21FN4O4/c1-33-17-10-8-16(9-11-17)29-23(27-28-24(29)22(26)32)18-12-15(20(30)13-21(18)31)7-6-14-4-2-3-5-19(14)25/h2-5,8-13,30-31H,6-7H2,1H3,(H2,26,32). The molecule has 0 bridgehead atoms. The molecular weight excluding hydrogens is 427 g/mol. The van der Waals surface area contributed by atoms with E-state index in [-0.39, 0.29) is 34.5 Å². The second-order valence-electron chi connectivity index (χ2n) is 7.33. The third-order valence-corrected chi connectivity index (χ3v) is 5.27. The molecule has 3 aromatic carbocycles. The van der Waals surface area contributed by atoms with Crippen LogP contribution in [0.4, 0.5) is 4.39 Å². The van der Waals surface area contributed by atoms with E-state index in [1.165, 1.54) is 23.8 Å². The van der Waals surface area contributed by atoms with Gasteiger partial charge in [0.2, 0.25) is 5.82 Å². The Balaban J connectivity index is 1.78. The van der Waals surface area contributed by atoms with E-state index in [1.54, 1.807) is 48.5 Å². The van der Waals surface area contributed by atoms with Gasteiger partial charge in [0.15, 0.2) is 5.82 Å². The Labute approximate surface area is 188 Å². The topological polar surface area (TPSA) is 123 Å². The number of ether oxygens (including phenoxy) is 1. The van der Waals surface area contributed by atoms with Crippen molar-refractivity contribution in [1.82, 2.24) is 14.8 Å². The average Bonchev–Trinajstić information content (AvgIpc) is 3.25. The number of hydrogen-bond donors (Lipinski definition) is 3. The summed E-state index contributed by atoms with van der Waals surface area (Å²) in [6.07, 6.45) is 0.640. The Morgan fingerprint density at radius 3 is 2.36 bits per heavy atom. The van der Waals surface area contributed by atoms with E-state index in [9.17, 15) is 19.4 Å². The van der Waals surface area contributed by atoms with Crippen molar-refractivity contribution in [1.29, 1.82) is 0 Å². The number of aromatic hydroxyl groups is 2. The molecule has 4 N–H and O–H groups in total. The molecule has 33 heavy (non-hydrogen) atoms. The van der Waals surface area contributed by atoms with Gasteiger partial charge in [-0.2, -0.15) is 0 Å². The molecule has 0 spiro atoms. The summed E-state index contributed by atoms with van der Waals surface area (Å²) in [7, 11) is 1.53. The molecule has 0 radical (unpaired) electrons. The van der Waals surface area contributed by atoms with Gasteiger partial charge in [-0.25, -0.2) is 4.39 Å². The number of carbonyl (C=O) groups excluding carboxylic acids is 1. The van der Waals surface area contributed by atoms with E-state index in [2.05, 4.69) is 10.2 Å². The Kier molecular flexibility index (Phi) is 5.95. The van der Waals surface area contributed by atoms with Crippen molar-refractivity contribution < 1.29 is 24.1 Å². The number of carbonyl (C=O) groups is 1. The summed E-state index contributed by atoms with van der Waals surface area (Å²) in [6.45, 7) is 0. The Morgan fingerprint density at radius 1 is 1.00 bits per heavy atom. The molecule has 0 aliphatic carbocycles. The van der Waals surface area contributed by atoms with Gasteiger partial charge in [-0.3, -0.25) is 9.36 Å². The minimum atomic E-state index is -0.803. The molecule has 168 valence electrons. The molecule has 0 fully saturated rings. The van der Waals surface area contributed by atoms with Crippen molar-refractivity contribution in [3.63, 3.8) is 0 Å². The molecule has 0 aliphatic rings. The number of phenolic OH excluding ortho intramolecular Hbond substituents is 2. The fraction of sp³-hybridized carbons (Fsp3) is 0.125. The van der Waals surface area contributed by atoms with Gasteiger partial charge in [-0.15, -0.1) is 10.2 Å². The highest BCUT2D eigenvalue weighted by atomic mass is 19.1. The van der Waals surface area contributed by atoms with E-state index in [0.29, 0.717) is 35.4 Å². The summed E-state index contributed by atoms with van der Waals surface area (Å²) in [5, 5.41) is 28.9. The van der Waals surface area contributed by atoms with Gasteiger partial charge in [0.05, 0.1) is 12.7 Å². The summed E-state index contributed by atoms with van der Waals surface area (Å²) in [4.78, 5) is 12.0. The third kappa shape index (κ3) is 4.33. The third-order valence-electron chi connectivity index (χ3n) is 5.27. The van der Waals surface area contributed by atoms with Crippen LogP contribution < -0.4 is 10.5 Å². The molecule has 9 heteroatoms. The van der Waals surface area contributed by atoms with Gasteiger partial charge in [-0.05, 0) is 60.4 Å². The molecule has 0 atom stereocenters. The van der Waals surface area contributed by atoms with Gasteiger partial charge in [0.25, 0.3) is 5.91 Å². The summed E-state index contributed by atoms with van der Waals surface area (Å²) >= 11 is 0. The van der Waals surface area contributed by atoms with Crippen molar-refractivity contribution in [2.75, 3.05) is 7.11 Å². The first-order chi connectivity index (χ1) is 15.9. The van der Waals surface area contributed by atoms with E-state index in [0.717, 1.165) is 0 Å². The molecule has 0 saturated heterocycles. The maximum absolute atomic E-state index is 14.0. The Morgan fingerprint density at radius 2 is 1.70 bits per heavy atom. The zero-order valence-corrected chi connectivity index (χ0v) is 17.7. The number of phenols is 2. The number of primary amides is 1. The number of aryl methyl sites for hydroxylation is 2. The maximum Gasteiger partial charge on any atom is 0.287 e. The lowest BCUT2D eigenvalue weighted by Crippen LogP contribution is -2.17.